The predicted octanol–water partition coefficient (Wildman–Crippen LogP) is 2.80. The Morgan fingerprint density at radius 2 is 1.96 bits per heavy atom. The van der Waals surface area contributed by atoms with Gasteiger partial charge in [0.2, 0.25) is 0 Å². The van der Waals surface area contributed by atoms with E-state index < -0.39 is 11.7 Å². The number of aromatic nitrogens is 4. The predicted molar refractivity (Wildman–Crippen MR) is 95.5 cm³/mol. The lowest BCUT2D eigenvalue weighted by atomic mass is 9.89. The number of anilines is 1. The van der Waals surface area contributed by atoms with Crippen LogP contribution in [0.3, 0.4) is 0 Å². The van der Waals surface area contributed by atoms with Crippen LogP contribution in [0.25, 0.3) is 0 Å². The molecule has 2 N–H and O–H groups in total. The summed E-state index contributed by atoms with van der Waals surface area (Å²) >= 11 is 0. The van der Waals surface area contributed by atoms with Crippen molar-refractivity contribution in [1.82, 2.24) is 25.5 Å². The third-order valence-electron chi connectivity index (χ3n) is 4.71. The highest BCUT2D eigenvalue weighted by atomic mass is 19.4. The fourth-order valence-electron chi connectivity index (χ4n) is 3.15. The van der Waals surface area contributed by atoms with E-state index in [1.807, 2.05) is 6.92 Å². The van der Waals surface area contributed by atoms with Crippen molar-refractivity contribution in [2.45, 2.75) is 38.3 Å². The monoisotopic (exact) mass is 395 g/mol. The summed E-state index contributed by atoms with van der Waals surface area (Å²) in [4.78, 5) is 14.4. The molecule has 0 aliphatic carbocycles. The molecule has 0 saturated carbocycles. The molecule has 11 heteroatoms. The second kappa shape index (κ2) is 8.36. The standard InChI is InChI=1S/C17H20F3N7O/c1-2-14(21-22-16-23-25-26-24-16)15(28)27-9-7-12(8-10-27)11-3-5-13(6-4-11)17(18,19)20/h3-6,12H,2,7-10H2,1H3,(H2,22,23,24,25,26)/b21-14+. The maximum Gasteiger partial charge on any atom is 0.416 e. The third-order valence-corrected chi connectivity index (χ3v) is 4.71. The summed E-state index contributed by atoms with van der Waals surface area (Å²) in [5.41, 5.74) is 3.14. The molecule has 0 radical (unpaired) electrons. The number of nitrogens with one attached hydrogen (secondary N) is 2. The number of likely N-dealkylation sites (tertiary alicyclic amines) is 1. The number of rotatable bonds is 5. The fraction of sp³-hybridized carbons (Fsp3) is 0.471. The van der Waals surface area contributed by atoms with Crippen molar-refractivity contribution in [2.75, 3.05) is 18.5 Å². The maximum atomic E-state index is 12.7. The first-order chi connectivity index (χ1) is 13.4. The average molecular weight is 395 g/mol. The number of hydrazone groups is 1. The van der Waals surface area contributed by atoms with Gasteiger partial charge in [0.15, 0.2) is 0 Å². The van der Waals surface area contributed by atoms with Crippen molar-refractivity contribution >= 4 is 17.6 Å². The molecule has 150 valence electrons. The summed E-state index contributed by atoms with van der Waals surface area (Å²) < 4.78 is 38.1. The van der Waals surface area contributed by atoms with E-state index in [1.54, 1.807) is 4.90 Å². The number of halogens is 3. The van der Waals surface area contributed by atoms with Crippen LogP contribution in [-0.4, -0.2) is 50.2 Å². The van der Waals surface area contributed by atoms with Gasteiger partial charge in [-0.1, -0.05) is 24.2 Å². The Morgan fingerprint density at radius 3 is 2.50 bits per heavy atom. The number of carbonyl (C=O) groups excluding carboxylic acids is 1. The number of nitrogens with zero attached hydrogens (tertiary/aromatic N) is 5. The molecule has 1 saturated heterocycles. The lowest BCUT2D eigenvalue weighted by Gasteiger charge is -2.32. The highest BCUT2D eigenvalue weighted by Crippen LogP contribution is 2.33. The molecule has 2 heterocycles. The van der Waals surface area contributed by atoms with Crippen LogP contribution in [0, 0.1) is 0 Å². The van der Waals surface area contributed by atoms with E-state index >= 15 is 0 Å². The minimum Gasteiger partial charge on any atom is -0.338 e. The first-order valence-corrected chi connectivity index (χ1v) is 8.91. The van der Waals surface area contributed by atoms with Crippen molar-refractivity contribution in [1.29, 1.82) is 0 Å². The molecule has 1 aliphatic heterocycles. The molecular formula is C17H20F3N7O. The van der Waals surface area contributed by atoms with E-state index in [0.717, 1.165) is 17.7 Å². The molecule has 1 fully saturated rings. The molecule has 1 amide bonds. The van der Waals surface area contributed by atoms with Gasteiger partial charge < -0.3 is 4.90 Å². The van der Waals surface area contributed by atoms with E-state index in [2.05, 4.69) is 31.2 Å². The molecule has 8 nitrogen and oxygen atoms in total. The number of alkyl halides is 3. The van der Waals surface area contributed by atoms with Crippen LogP contribution < -0.4 is 5.43 Å². The second-order valence-corrected chi connectivity index (χ2v) is 6.45. The molecule has 1 aromatic heterocycles. The summed E-state index contributed by atoms with van der Waals surface area (Å²) in [6.45, 7) is 2.86. The van der Waals surface area contributed by atoms with Crippen LogP contribution >= 0.6 is 0 Å². The van der Waals surface area contributed by atoms with Crippen LogP contribution in [0.4, 0.5) is 19.1 Å². The van der Waals surface area contributed by atoms with Gasteiger partial charge in [-0.05, 0) is 48.1 Å². The first kappa shape index (κ1) is 19.8. The molecule has 2 aromatic rings. The van der Waals surface area contributed by atoms with Crippen molar-refractivity contribution in [2.24, 2.45) is 5.10 Å². The van der Waals surface area contributed by atoms with Gasteiger partial charge in [0.25, 0.3) is 11.9 Å². The minimum atomic E-state index is -4.33. The minimum absolute atomic E-state index is 0.130. The lowest BCUT2D eigenvalue weighted by Crippen LogP contribution is -2.41. The van der Waals surface area contributed by atoms with Crippen molar-refractivity contribution < 1.29 is 18.0 Å². The van der Waals surface area contributed by atoms with E-state index in [0.29, 0.717) is 38.1 Å². The molecule has 0 unspecified atom stereocenters. The normalized spacial score (nSPS) is 16.3. The Morgan fingerprint density at radius 1 is 1.29 bits per heavy atom. The van der Waals surface area contributed by atoms with Gasteiger partial charge in [0, 0.05) is 13.1 Å². The molecule has 0 atom stereocenters. The number of benzene rings is 1. The highest BCUT2D eigenvalue weighted by molar-refractivity contribution is 6.38. The first-order valence-electron chi connectivity index (χ1n) is 8.91. The van der Waals surface area contributed by atoms with Crippen molar-refractivity contribution in [3.63, 3.8) is 0 Å². The summed E-state index contributed by atoms with van der Waals surface area (Å²) in [5, 5.41) is 17.1. The summed E-state index contributed by atoms with van der Waals surface area (Å²) in [5.74, 6) is 0.120. The van der Waals surface area contributed by atoms with Gasteiger partial charge in [-0.3, -0.25) is 4.79 Å². The van der Waals surface area contributed by atoms with Gasteiger partial charge in [-0.25, -0.2) is 5.43 Å². The molecule has 28 heavy (non-hydrogen) atoms. The molecule has 3 rings (SSSR count). The van der Waals surface area contributed by atoms with Crippen molar-refractivity contribution in [3.05, 3.63) is 35.4 Å². The summed E-state index contributed by atoms with van der Waals surface area (Å²) in [6.07, 6.45) is -2.53. The van der Waals surface area contributed by atoms with Gasteiger partial charge in [0.05, 0.1) is 5.56 Å². The number of amides is 1. The Balaban J connectivity index is 1.58. The van der Waals surface area contributed by atoms with Crippen LogP contribution in [0.1, 0.15) is 43.2 Å². The largest absolute Gasteiger partial charge is 0.416 e. The molecule has 0 spiro atoms. The van der Waals surface area contributed by atoms with E-state index in [4.69, 9.17) is 0 Å². The topological polar surface area (TPSA) is 99.2 Å². The second-order valence-electron chi connectivity index (χ2n) is 6.45. The Kier molecular flexibility index (Phi) is 5.90. The van der Waals surface area contributed by atoms with Gasteiger partial charge >= 0.3 is 6.18 Å². The van der Waals surface area contributed by atoms with Gasteiger partial charge in [-0.15, -0.1) is 5.10 Å². The van der Waals surface area contributed by atoms with E-state index in [1.165, 1.54) is 12.1 Å². The van der Waals surface area contributed by atoms with Gasteiger partial charge in [-0.2, -0.15) is 23.5 Å². The number of aromatic amines is 1. The number of piperidine rings is 1. The zero-order valence-corrected chi connectivity index (χ0v) is 15.2. The molecular weight excluding hydrogens is 375 g/mol. The van der Waals surface area contributed by atoms with E-state index in [-0.39, 0.29) is 17.8 Å². The van der Waals surface area contributed by atoms with E-state index in [9.17, 15) is 18.0 Å². The van der Waals surface area contributed by atoms with Crippen LogP contribution in [-0.2, 0) is 11.0 Å². The highest BCUT2D eigenvalue weighted by Gasteiger charge is 2.31. The SMILES string of the molecule is CC/C(=N\Nc1nn[nH]n1)C(=O)N1CCC(c2ccc(C(F)(F)F)cc2)CC1. The smallest absolute Gasteiger partial charge is 0.338 e. The van der Waals surface area contributed by atoms with Crippen LogP contribution in [0.2, 0.25) is 0 Å². The lowest BCUT2D eigenvalue weighted by molar-refractivity contribution is -0.137. The van der Waals surface area contributed by atoms with Crippen molar-refractivity contribution in [3.8, 4) is 0 Å². The number of carbonyl (C=O) groups is 1. The number of tetrazole rings is 1. The quantitative estimate of drug-likeness (QED) is 0.599. The number of H-pyrrole nitrogens is 1. The molecule has 1 aliphatic rings. The number of hydrogen-bond donors (Lipinski definition) is 2. The number of hydrogen-bond acceptors (Lipinski definition) is 6. The summed E-state index contributed by atoms with van der Waals surface area (Å²) in [6, 6.07) is 5.27. The molecule has 1 aromatic carbocycles. The Hall–Kier alpha value is -2.98. The van der Waals surface area contributed by atoms with Crippen LogP contribution in [0.15, 0.2) is 29.4 Å². The van der Waals surface area contributed by atoms with Gasteiger partial charge in [0.1, 0.15) is 5.71 Å². The third kappa shape index (κ3) is 4.65. The summed E-state index contributed by atoms with van der Waals surface area (Å²) in [7, 11) is 0. The zero-order valence-electron chi connectivity index (χ0n) is 15.2. The Labute approximate surface area is 159 Å². The Bertz CT molecular complexity index is 810. The average Bonchev–Trinajstić information content (AvgIpc) is 3.21. The zero-order chi connectivity index (χ0) is 20.1. The fourth-order valence-corrected chi connectivity index (χ4v) is 3.15. The maximum absolute atomic E-state index is 12.7. The molecule has 0 bridgehead atoms. The van der Waals surface area contributed by atoms with Crippen LogP contribution in [0.5, 0.6) is 0 Å².